The Morgan fingerprint density at radius 3 is 2.35 bits per heavy atom. The van der Waals surface area contributed by atoms with Gasteiger partial charge >= 0.3 is 5.97 Å². The van der Waals surface area contributed by atoms with Gasteiger partial charge in [0.1, 0.15) is 23.7 Å². The molecule has 0 saturated heterocycles. The Kier molecular flexibility index (Phi) is 6.00. The molecule has 0 aliphatic carbocycles. The van der Waals surface area contributed by atoms with Gasteiger partial charge in [-0.1, -0.05) is 36.4 Å². The number of ether oxygens (including phenoxy) is 2. The van der Waals surface area contributed by atoms with Crippen molar-refractivity contribution in [2.24, 2.45) is 5.73 Å². The number of rotatable bonds is 8. The molecule has 0 heterocycles. The predicted molar refractivity (Wildman–Crippen MR) is 88.2 cm³/mol. The number of carboxylic acids is 1. The van der Waals surface area contributed by atoms with E-state index >= 15 is 0 Å². The maximum atomic E-state index is 11.5. The molecule has 23 heavy (non-hydrogen) atoms. The standard InChI is InChI=1S/C18H21NO4/c1-2-22-15-9-6-10-16(17(15)18(20)21)23-12-14(19)11-13-7-4-3-5-8-13/h3-10,14H,2,11-12,19H2,1H3,(H,20,21). The van der Waals surface area contributed by atoms with Crippen molar-refractivity contribution in [3.63, 3.8) is 0 Å². The largest absolute Gasteiger partial charge is 0.493 e. The third kappa shape index (κ3) is 4.72. The van der Waals surface area contributed by atoms with E-state index in [0.717, 1.165) is 5.56 Å². The van der Waals surface area contributed by atoms with Gasteiger partial charge in [0.2, 0.25) is 0 Å². The van der Waals surface area contributed by atoms with E-state index in [9.17, 15) is 9.90 Å². The molecule has 0 aromatic heterocycles. The van der Waals surface area contributed by atoms with Crippen LogP contribution in [0.3, 0.4) is 0 Å². The number of nitrogens with two attached hydrogens (primary N) is 1. The first-order chi connectivity index (χ1) is 11.1. The first-order valence-corrected chi connectivity index (χ1v) is 7.53. The van der Waals surface area contributed by atoms with Crippen LogP contribution in [-0.4, -0.2) is 30.3 Å². The summed E-state index contributed by atoms with van der Waals surface area (Å²) in [5.41, 5.74) is 7.22. The van der Waals surface area contributed by atoms with Gasteiger partial charge in [0.05, 0.1) is 6.61 Å². The molecule has 5 heteroatoms. The third-order valence-electron chi connectivity index (χ3n) is 3.30. The molecule has 3 N–H and O–H groups in total. The first kappa shape index (κ1) is 16.8. The minimum atomic E-state index is -1.08. The van der Waals surface area contributed by atoms with Crippen molar-refractivity contribution in [3.05, 3.63) is 59.7 Å². The molecule has 2 aromatic rings. The zero-order valence-electron chi connectivity index (χ0n) is 13.1. The van der Waals surface area contributed by atoms with Crippen LogP contribution in [0.5, 0.6) is 11.5 Å². The molecular formula is C18H21NO4. The topological polar surface area (TPSA) is 81.8 Å². The van der Waals surface area contributed by atoms with E-state index in [0.29, 0.717) is 18.8 Å². The molecular weight excluding hydrogens is 294 g/mol. The van der Waals surface area contributed by atoms with Gasteiger partial charge in [0.15, 0.2) is 0 Å². The summed E-state index contributed by atoms with van der Waals surface area (Å²) in [6.07, 6.45) is 0.661. The second kappa shape index (κ2) is 8.19. The fourth-order valence-corrected chi connectivity index (χ4v) is 2.29. The van der Waals surface area contributed by atoms with Crippen LogP contribution >= 0.6 is 0 Å². The van der Waals surface area contributed by atoms with Crippen molar-refractivity contribution in [1.82, 2.24) is 0 Å². The zero-order valence-corrected chi connectivity index (χ0v) is 13.1. The Labute approximate surface area is 135 Å². The van der Waals surface area contributed by atoms with Crippen LogP contribution in [-0.2, 0) is 6.42 Å². The van der Waals surface area contributed by atoms with Gasteiger partial charge < -0.3 is 20.3 Å². The summed E-state index contributed by atoms with van der Waals surface area (Å²) in [5, 5.41) is 9.38. The highest BCUT2D eigenvalue weighted by Crippen LogP contribution is 2.28. The Bertz CT molecular complexity index is 643. The summed E-state index contributed by atoms with van der Waals surface area (Å²) < 4.78 is 11.0. The molecule has 5 nitrogen and oxygen atoms in total. The first-order valence-electron chi connectivity index (χ1n) is 7.53. The summed E-state index contributed by atoms with van der Waals surface area (Å²) >= 11 is 0. The van der Waals surface area contributed by atoms with Gasteiger partial charge in [0.25, 0.3) is 0 Å². The molecule has 0 aliphatic rings. The van der Waals surface area contributed by atoms with E-state index in [1.807, 2.05) is 30.3 Å². The lowest BCUT2D eigenvalue weighted by atomic mass is 10.1. The van der Waals surface area contributed by atoms with Gasteiger partial charge in [0, 0.05) is 6.04 Å². The van der Waals surface area contributed by atoms with Crippen LogP contribution in [0.2, 0.25) is 0 Å². The van der Waals surface area contributed by atoms with E-state index in [1.54, 1.807) is 25.1 Å². The molecule has 0 amide bonds. The molecule has 122 valence electrons. The number of carboxylic acid groups (broad SMARTS) is 1. The summed E-state index contributed by atoms with van der Waals surface area (Å²) in [5.74, 6) is -0.512. The van der Waals surface area contributed by atoms with Crippen LogP contribution in [0.1, 0.15) is 22.8 Å². The van der Waals surface area contributed by atoms with Crippen LogP contribution in [0, 0.1) is 0 Å². The Hall–Kier alpha value is -2.53. The molecule has 0 aliphatic heterocycles. The van der Waals surface area contributed by atoms with Crippen molar-refractivity contribution in [1.29, 1.82) is 0 Å². The normalized spacial score (nSPS) is 11.7. The molecule has 0 radical (unpaired) electrons. The smallest absolute Gasteiger partial charge is 0.343 e. The highest BCUT2D eigenvalue weighted by Gasteiger charge is 2.18. The SMILES string of the molecule is CCOc1cccc(OCC(N)Cc2ccccc2)c1C(=O)O. The molecule has 2 aromatic carbocycles. The molecule has 0 saturated carbocycles. The van der Waals surface area contributed by atoms with Crippen molar-refractivity contribution >= 4 is 5.97 Å². The van der Waals surface area contributed by atoms with Crippen molar-refractivity contribution in [3.8, 4) is 11.5 Å². The van der Waals surface area contributed by atoms with Gasteiger partial charge in [-0.25, -0.2) is 4.79 Å². The molecule has 2 rings (SSSR count). The number of hydrogen-bond acceptors (Lipinski definition) is 4. The minimum Gasteiger partial charge on any atom is -0.493 e. The number of hydrogen-bond donors (Lipinski definition) is 2. The molecule has 0 spiro atoms. The fourth-order valence-electron chi connectivity index (χ4n) is 2.29. The van der Waals surface area contributed by atoms with Gasteiger partial charge in [-0.05, 0) is 31.0 Å². The maximum absolute atomic E-state index is 11.5. The zero-order chi connectivity index (χ0) is 16.7. The average molecular weight is 315 g/mol. The van der Waals surface area contributed by atoms with Crippen LogP contribution in [0.25, 0.3) is 0 Å². The molecule has 1 atom stereocenters. The lowest BCUT2D eigenvalue weighted by Crippen LogP contribution is -2.30. The van der Waals surface area contributed by atoms with E-state index < -0.39 is 5.97 Å². The molecule has 0 bridgehead atoms. The Morgan fingerprint density at radius 1 is 1.09 bits per heavy atom. The summed E-state index contributed by atoms with van der Waals surface area (Å²) in [4.78, 5) is 11.5. The second-order valence-corrected chi connectivity index (χ2v) is 5.13. The van der Waals surface area contributed by atoms with Crippen LogP contribution < -0.4 is 15.2 Å². The maximum Gasteiger partial charge on any atom is 0.343 e. The van der Waals surface area contributed by atoms with Gasteiger partial charge in [-0.2, -0.15) is 0 Å². The van der Waals surface area contributed by atoms with Crippen molar-refractivity contribution in [2.75, 3.05) is 13.2 Å². The molecule has 0 fully saturated rings. The van der Waals surface area contributed by atoms with E-state index in [1.165, 1.54) is 0 Å². The lowest BCUT2D eigenvalue weighted by Gasteiger charge is -2.16. The van der Waals surface area contributed by atoms with Crippen LogP contribution in [0.15, 0.2) is 48.5 Å². The fraction of sp³-hybridized carbons (Fsp3) is 0.278. The quantitative estimate of drug-likeness (QED) is 0.783. The number of carbonyl (C=O) groups is 1. The van der Waals surface area contributed by atoms with E-state index in [4.69, 9.17) is 15.2 Å². The number of aromatic carboxylic acids is 1. The second-order valence-electron chi connectivity index (χ2n) is 5.13. The summed E-state index contributed by atoms with van der Waals surface area (Å²) in [6.45, 7) is 2.41. The van der Waals surface area contributed by atoms with Crippen molar-refractivity contribution in [2.45, 2.75) is 19.4 Å². The highest BCUT2D eigenvalue weighted by molar-refractivity contribution is 5.94. The monoisotopic (exact) mass is 315 g/mol. The van der Waals surface area contributed by atoms with Crippen molar-refractivity contribution < 1.29 is 19.4 Å². The van der Waals surface area contributed by atoms with Gasteiger partial charge in [-0.15, -0.1) is 0 Å². The predicted octanol–water partition coefficient (Wildman–Crippen LogP) is 2.73. The number of benzene rings is 2. The summed E-state index contributed by atoms with van der Waals surface area (Å²) in [6, 6.07) is 14.6. The van der Waals surface area contributed by atoms with E-state index in [-0.39, 0.29) is 24.0 Å². The van der Waals surface area contributed by atoms with Gasteiger partial charge in [-0.3, -0.25) is 0 Å². The third-order valence-corrected chi connectivity index (χ3v) is 3.30. The lowest BCUT2D eigenvalue weighted by molar-refractivity contribution is 0.0687. The minimum absolute atomic E-state index is 0.0289. The highest BCUT2D eigenvalue weighted by atomic mass is 16.5. The Balaban J connectivity index is 2.05. The molecule has 1 unspecified atom stereocenters. The van der Waals surface area contributed by atoms with E-state index in [2.05, 4.69) is 0 Å². The summed E-state index contributed by atoms with van der Waals surface area (Å²) in [7, 11) is 0. The van der Waals surface area contributed by atoms with Crippen LogP contribution in [0.4, 0.5) is 0 Å². The average Bonchev–Trinajstić information content (AvgIpc) is 2.54. The Morgan fingerprint density at radius 2 is 1.74 bits per heavy atom.